The molecule has 0 saturated carbocycles. The van der Waals surface area contributed by atoms with Crippen molar-refractivity contribution in [3.8, 4) is 22.9 Å². The molecule has 0 saturated heterocycles. The summed E-state index contributed by atoms with van der Waals surface area (Å²) < 4.78 is 48.6. The molecular formula is C26H20F3N3O2. The molecule has 0 aliphatic carbocycles. The molecule has 0 unspecified atom stereocenters. The topological polar surface area (TPSA) is 48.7 Å². The lowest BCUT2D eigenvalue weighted by atomic mass is 10.1. The van der Waals surface area contributed by atoms with E-state index in [9.17, 15) is 13.2 Å². The lowest BCUT2D eigenvalue weighted by Crippen LogP contribution is -2.17. The van der Waals surface area contributed by atoms with Gasteiger partial charge in [0.15, 0.2) is 0 Å². The van der Waals surface area contributed by atoms with E-state index in [-0.39, 0.29) is 5.75 Å². The predicted molar refractivity (Wildman–Crippen MR) is 123 cm³/mol. The third kappa shape index (κ3) is 4.26. The zero-order valence-electron chi connectivity index (χ0n) is 18.4. The van der Waals surface area contributed by atoms with Gasteiger partial charge in [-0.05, 0) is 54.8 Å². The SMILES string of the molecule is COc1c(C)c(-c2cn3cc(Cc4ccc(OC(F)(F)F)cc4)ccc3n2)nc2ccccc12. The molecule has 0 bridgehead atoms. The minimum atomic E-state index is -4.70. The van der Waals surface area contributed by atoms with Crippen molar-refractivity contribution in [2.75, 3.05) is 7.11 Å². The molecule has 34 heavy (non-hydrogen) atoms. The molecule has 0 fully saturated rings. The van der Waals surface area contributed by atoms with Gasteiger partial charge >= 0.3 is 6.36 Å². The van der Waals surface area contributed by atoms with Crippen molar-refractivity contribution in [1.82, 2.24) is 14.4 Å². The first-order chi connectivity index (χ1) is 16.3. The van der Waals surface area contributed by atoms with E-state index in [1.54, 1.807) is 19.2 Å². The number of benzene rings is 2. The van der Waals surface area contributed by atoms with Gasteiger partial charge in [0.25, 0.3) is 0 Å². The number of hydrogen-bond acceptors (Lipinski definition) is 4. The van der Waals surface area contributed by atoms with Crippen LogP contribution in [0.15, 0.2) is 73.1 Å². The molecule has 0 radical (unpaired) electrons. The Kier molecular flexibility index (Phi) is 5.36. The lowest BCUT2D eigenvalue weighted by molar-refractivity contribution is -0.274. The Morgan fingerprint density at radius 1 is 0.882 bits per heavy atom. The minimum absolute atomic E-state index is 0.236. The summed E-state index contributed by atoms with van der Waals surface area (Å²) in [6.45, 7) is 1.97. The lowest BCUT2D eigenvalue weighted by Gasteiger charge is -2.11. The van der Waals surface area contributed by atoms with Gasteiger partial charge in [0, 0.05) is 23.3 Å². The van der Waals surface area contributed by atoms with Gasteiger partial charge in [-0.25, -0.2) is 9.97 Å². The highest BCUT2D eigenvalue weighted by molar-refractivity contribution is 5.89. The second kappa shape index (κ2) is 8.37. The molecule has 3 heterocycles. The Labute approximate surface area is 193 Å². The first-order valence-electron chi connectivity index (χ1n) is 10.6. The van der Waals surface area contributed by atoms with Crippen LogP contribution in [-0.2, 0) is 6.42 Å². The maximum absolute atomic E-state index is 12.4. The smallest absolute Gasteiger partial charge is 0.496 e. The number of pyridine rings is 2. The molecule has 0 aliphatic heterocycles. The van der Waals surface area contributed by atoms with Crippen molar-refractivity contribution in [1.29, 1.82) is 0 Å². The average molecular weight is 463 g/mol. The van der Waals surface area contributed by atoms with Crippen molar-refractivity contribution in [3.05, 3.63) is 89.7 Å². The molecule has 0 N–H and O–H groups in total. The predicted octanol–water partition coefficient (Wildman–Crippen LogP) is 6.36. The number of rotatable bonds is 5. The number of halogens is 3. The van der Waals surface area contributed by atoms with Crippen LogP contribution in [0.25, 0.3) is 27.9 Å². The minimum Gasteiger partial charge on any atom is -0.496 e. The van der Waals surface area contributed by atoms with E-state index < -0.39 is 6.36 Å². The first kappa shape index (κ1) is 21.8. The summed E-state index contributed by atoms with van der Waals surface area (Å²) in [4.78, 5) is 9.57. The Hall–Kier alpha value is -4.07. The van der Waals surface area contributed by atoms with Crippen LogP contribution in [0.1, 0.15) is 16.7 Å². The molecule has 172 valence electrons. The van der Waals surface area contributed by atoms with Crippen LogP contribution in [-0.4, -0.2) is 27.8 Å². The first-order valence-corrected chi connectivity index (χ1v) is 10.6. The fourth-order valence-corrected chi connectivity index (χ4v) is 4.09. The van der Waals surface area contributed by atoms with Gasteiger partial charge < -0.3 is 13.9 Å². The monoisotopic (exact) mass is 463 g/mol. The normalized spacial score (nSPS) is 11.8. The molecular weight excluding hydrogens is 443 g/mol. The quantitative estimate of drug-likeness (QED) is 0.305. The Morgan fingerprint density at radius 3 is 2.35 bits per heavy atom. The van der Waals surface area contributed by atoms with Gasteiger partial charge in [0.1, 0.15) is 22.8 Å². The molecule has 0 spiro atoms. The van der Waals surface area contributed by atoms with Gasteiger partial charge in [-0.15, -0.1) is 13.2 Å². The third-order valence-corrected chi connectivity index (χ3v) is 5.60. The van der Waals surface area contributed by atoms with Crippen molar-refractivity contribution in [2.24, 2.45) is 0 Å². The number of alkyl halides is 3. The third-order valence-electron chi connectivity index (χ3n) is 5.60. The molecule has 2 aromatic carbocycles. The number of nitrogens with zero attached hydrogens (tertiary/aromatic N) is 3. The van der Waals surface area contributed by atoms with Crippen molar-refractivity contribution in [3.63, 3.8) is 0 Å². The molecule has 5 rings (SSSR count). The van der Waals surface area contributed by atoms with Crippen LogP contribution >= 0.6 is 0 Å². The van der Waals surface area contributed by atoms with Crippen molar-refractivity contribution < 1.29 is 22.6 Å². The number of fused-ring (bicyclic) bond motifs is 2. The van der Waals surface area contributed by atoms with Gasteiger partial charge in [0.2, 0.25) is 0 Å². The van der Waals surface area contributed by atoms with E-state index in [4.69, 9.17) is 14.7 Å². The van der Waals surface area contributed by atoms with Crippen molar-refractivity contribution in [2.45, 2.75) is 19.7 Å². The fraction of sp³-hybridized carbons (Fsp3) is 0.154. The highest BCUT2D eigenvalue weighted by Gasteiger charge is 2.30. The van der Waals surface area contributed by atoms with E-state index in [1.807, 2.05) is 60.1 Å². The summed E-state index contributed by atoms with van der Waals surface area (Å²) in [7, 11) is 1.65. The number of hydrogen-bond donors (Lipinski definition) is 0. The molecule has 5 nitrogen and oxygen atoms in total. The van der Waals surface area contributed by atoms with Crippen LogP contribution in [0.2, 0.25) is 0 Å². The summed E-state index contributed by atoms with van der Waals surface area (Å²) in [5.74, 6) is 0.538. The van der Waals surface area contributed by atoms with Gasteiger partial charge in [-0.2, -0.15) is 0 Å². The van der Waals surface area contributed by atoms with Crippen LogP contribution in [0.3, 0.4) is 0 Å². The molecule has 3 aromatic heterocycles. The van der Waals surface area contributed by atoms with Crippen LogP contribution in [0, 0.1) is 6.92 Å². The molecule has 0 atom stereocenters. The standard InChI is InChI=1S/C26H20F3N3O2/c1-16-24(31-21-6-4-3-5-20(21)25(16)33-2)22-15-32-14-18(9-12-23(32)30-22)13-17-7-10-19(11-8-17)34-26(27,28)29/h3-12,14-15H,13H2,1-2H3. The van der Waals surface area contributed by atoms with Gasteiger partial charge in [-0.1, -0.05) is 30.3 Å². The molecule has 8 heteroatoms. The Bertz CT molecular complexity index is 1490. The number of methoxy groups -OCH3 is 1. The van der Waals surface area contributed by atoms with Crippen LogP contribution in [0.5, 0.6) is 11.5 Å². The second-order valence-corrected chi connectivity index (χ2v) is 7.93. The zero-order chi connectivity index (χ0) is 23.9. The summed E-state index contributed by atoms with van der Waals surface area (Å²) in [6.07, 6.45) is -0.271. The van der Waals surface area contributed by atoms with E-state index in [0.717, 1.165) is 50.4 Å². The average Bonchev–Trinajstić information content (AvgIpc) is 3.22. The van der Waals surface area contributed by atoms with E-state index in [1.165, 1.54) is 12.1 Å². The number of para-hydroxylation sites is 1. The van der Waals surface area contributed by atoms with Crippen molar-refractivity contribution >= 4 is 16.6 Å². The Balaban J connectivity index is 1.45. The molecule has 5 aromatic rings. The summed E-state index contributed by atoms with van der Waals surface area (Å²) in [5.41, 5.74) is 5.84. The fourth-order valence-electron chi connectivity index (χ4n) is 4.09. The number of aromatic nitrogens is 3. The summed E-state index contributed by atoms with van der Waals surface area (Å²) >= 11 is 0. The molecule has 0 aliphatic rings. The van der Waals surface area contributed by atoms with E-state index >= 15 is 0 Å². The second-order valence-electron chi connectivity index (χ2n) is 7.93. The largest absolute Gasteiger partial charge is 0.573 e. The molecule has 0 amide bonds. The highest BCUT2D eigenvalue weighted by Crippen LogP contribution is 2.34. The van der Waals surface area contributed by atoms with E-state index in [0.29, 0.717) is 6.42 Å². The van der Waals surface area contributed by atoms with Gasteiger partial charge in [-0.3, -0.25) is 0 Å². The Morgan fingerprint density at radius 2 is 1.62 bits per heavy atom. The highest BCUT2D eigenvalue weighted by atomic mass is 19.4. The maximum Gasteiger partial charge on any atom is 0.573 e. The zero-order valence-corrected chi connectivity index (χ0v) is 18.4. The number of ether oxygens (including phenoxy) is 2. The summed E-state index contributed by atoms with van der Waals surface area (Å²) in [6, 6.07) is 17.6. The van der Waals surface area contributed by atoms with E-state index in [2.05, 4.69) is 4.74 Å². The number of imidazole rings is 1. The summed E-state index contributed by atoms with van der Waals surface area (Å²) in [5, 5.41) is 0.948. The maximum atomic E-state index is 12.4. The van der Waals surface area contributed by atoms with Crippen LogP contribution in [0.4, 0.5) is 13.2 Å². The van der Waals surface area contributed by atoms with Crippen LogP contribution < -0.4 is 9.47 Å². The van der Waals surface area contributed by atoms with Gasteiger partial charge in [0.05, 0.1) is 18.3 Å².